The number of amides is 1. The molecule has 0 spiro atoms. The molecule has 168 valence electrons. The fourth-order valence-electron chi connectivity index (χ4n) is 2.68. The van der Waals surface area contributed by atoms with Gasteiger partial charge in [0, 0.05) is 13.7 Å². The van der Waals surface area contributed by atoms with E-state index in [2.05, 4.69) is 5.32 Å². The van der Waals surface area contributed by atoms with Crippen molar-refractivity contribution in [2.75, 3.05) is 34.0 Å². The van der Waals surface area contributed by atoms with E-state index in [0.717, 1.165) is 12.0 Å². The lowest BCUT2D eigenvalue weighted by atomic mass is 10.1. The fourth-order valence-corrected chi connectivity index (χ4v) is 2.68. The number of nitrogens with one attached hydrogen (secondary N) is 1. The van der Waals surface area contributed by atoms with Gasteiger partial charge in [0.2, 0.25) is 0 Å². The second kappa shape index (κ2) is 12.8. The molecule has 0 aliphatic heterocycles. The molecule has 0 aliphatic rings. The van der Waals surface area contributed by atoms with Gasteiger partial charge in [0.15, 0.2) is 18.1 Å². The molecule has 0 aromatic heterocycles. The SMILES string of the molecule is CCc1cccc(OCC(=O)Oc2ccc(/C=C(\C#N)C(=O)NCCOC)cc2OC)c1. The van der Waals surface area contributed by atoms with Gasteiger partial charge in [0.1, 0.15) is 17.4 Å². The molecule has 0 radical (unpaired) electrons. The topological polar surface area (TPSA) is 107 Å². The highest BCUT2D eigenvalue weighted by molar-refractivity contribution is 6.01. The smallest absolute Gasteiger partial charge is 0.349 e. The molecule has 2 aromatic rings. The Kier molecular flexibility index (Phi) is 9.75. The number of aryl methyl sites for hydroxylation is 1. The first-order valence-corrected chi connectivity index (χ1v) is 10.00. The van der Waals surface area contributed by atoms with Crippen molar-refractivity contribution in [1.29, 1.82) is 5.26 Å². The molecule has 8 heteroatoms. The lowest BCUT2D eigenvalue weighted by molar-refractivity contribution is -0.136. The molecule has 0 bridgehead atoms. The third-order valence-corrected chi connectivity index (χ3v) is 4.34. The third-order valence-electron chi connectivity index (χ3n) is 4.34. The first kappa shape index (κ1) is 24.4. The summed E-state index contributed by atoms with van der Waals surface area (Å²) in [5, 5.41) is 11.9. The summed E-state index contributed by atoms with van der Waals surface area (Å²) < 4.78 is 21.0. The minimum absolute atomic E-state index is 0.0735. The van der Waals surface area contributed by atoms with E-state index in [1.54, 1.807) is 18.2 Å². The molecular weight excluding hydrogens is 412 g/mol. The second-order valence-corrected chi connectivity index (χ2v) is 6.59. The number of carbonyl (C=O) groups excluding carboxylic acids is 2. The highest BCUT2D eigenvalue weighted by atomic mass is 16.6. The third kappa shape index (κ3) is 7.45. The largest absolute Gasteiger partial charge is 0.493 e. The summed E-state index contributed by atoms with van der Waals surface area (Å²) in [6, 6.07) is 14.0. The minimum atomic E-state index is -0.594. The van der Waals surface area contributed by atoms with Crippen LogP contribution in [-0.2, 0) is 20.7 Å². The molecule has 0 fully saturated rings. The molecule has 1 N–H and O–H groups in total. The zero-order valence-corrected chi connectivity index (χ0v) is 18.3. The quantitative estimate of drug-likeness (QED) is 0.189. The second-order valence-electron chi connectivity index (χ2n) is 6.59. The normalized spacial score (nSPS) is 10.8. The molecule has 0 aliphatic carbocycles. The van der Waals surface area contributed by atoms with Crippen LogP contribution in [0.15, 0.2) is 48.0 Å². The van der Waals surface area contributed by atoms with Crippen LogP contribution in [-0.4, -0.2) is 45.9 Å². The molecule has 0 unspecified atom stereocenters. The fraction of sp³-hybridized carbons (Fsp3) is 0.292. The van der Waals surface area contributed by atoms with Gasteiger partial charge in [0.05, 0.1) is 13.7 Å². The number of nitriles is 1. The molecule has 1 amide bonds. The monoisotopic (exact) mass is 438 g/mol. The number of nitrogens with zero attached hydrogens (tertiary/aromatic N) is 1. The summed E-state index contributed by atoms with van der Waals surface area (Å²) in [5.74, 6) is -0.0469. The Bertz CT molecular complexity index is 1010. The van der Waals surface area contributed by atoms with Gasteiger partial charge < -0.3 is 24.3 Å². The highest BCUT2D eigenvalue weighted by Gasteiger charge is 2.13. The van der Waals surface area contributed by atoms with Crippen molar-refractivity contribution >= 4 is 18.0 Å². The van der Waals surface area contributed by atoms with Crippen LogP contribution in [0.2, 0.25) is 0 Å². The number of hydrogen-bond acceptors (Lipinski definition) is 7. The Labute approximate surface area is 187 Å². The molecule has 32 heavy (non-hydrogen) atoms. The van der Waals surface area contributed by atoms with E-state index in [9.17, 15) is 14.9 Å². The lowest BCUT2D eigenvalue weighted by Crippen LogP contribution is -2.27. The number of rotatable bonds is 11. The van der Waals surface area contributed by atoms with Crippen LogP contribution in [0.5, 0.6) is 17.2 Å². The van der Waals surface area contributed by atoms with Gasteiger partial charge in [-0.25, -0.2) is 4.79 Å². The zero-order chi connectivity index (χ0) is 23.3. The standard InChI is InChI=1S/C24H26N2O6/c1-4-17-6-5-7-20(13-17)31-16-23(27)32-21-9-8-18(14-22(21)30-3)12-19(15-25)24(28)26-10-11-29-2/h5-9,12-14H,4,10-11,16H2,1-3H3,(H,26,28)/b19-12+. The average molecular weight is 438 g/mol. The zero-order valence-electron chi connectivity index (χ0n) is 18.3. The summed E-state index contributed by atoms with van der Waals surface area (Å²) in [4.78, 5) is 24.3. The van der Waals surface area contributed by atoms with Crippen LogP contribution in [0.25, 0.3) is 6.08 Å². The van der Waals surface area contributed by atoms with Crippen LogP contribution < -0.4 is 19.5 Å². The van der Waals surface area contributed by atoms with Crippen molar-refractivity contribution in [3.05, 3.63) is 59.2 Å². The van der Waals surface area contributed by atoms with Gasteiger partial charge in [-0.2, -0.15) is 5.26 Å². The van der Waals surface area contributed by atoms with Crippen molar-refractivity contribution in [3.8, 4) is 23.3 Å². The van der Waals surface area contributed by atoms with E-state index in [1.165, 1.54) is 26.4 Å². The van der Waals surface area contributed by atoms with Crippen molar-refractivity contribution in [2.45, 2.75) is 13.3 Å². The molecule has 2 aromatic carbocycles. The summed E-state index contributed by atoms with van der Waals surface area (Å²) in [7, 11) is 2.94. The van der Waals surface area contributed by atoms with Crippen LogP contribution in [0.4, 0.5) is 0 Å². The summed E-state index contributed by atoms with van der Waals surface area (Å²) in [6.45, 7) is 2.40. The van der Waals surface area contributed by atoms with Gasteiger partial charge in [-0.3, -0.25) is 4.79 Å². The highest BCUT2D eigenvalue weighted by Crippen LogP contribution is 2.29. The molecule has 0 atom stereocenters. The van der Waals surface area contributed by atoms with Crippen LogP contribution in [0, 0.1) is 11.3 Å². The van der Waals surface area contributed by atoms with Gasteiger partial charge in [-0.05, 0) is 47.9 Å². The molecule has 0 heterocycles. The number of hydrogen-bond donors (Lipinski definition) is 1. The Morgan fingerprint density at radius 2 is 1.94 bits per heavy atom. The van der Waals surface area contributed by atoms with Crippen LogP contribution >= 0.6 is 0 Å². The maximum atomic E-state index is 12.2. The van der Waals surface area contributed by atoms with E-state index in [4.69, 9.17) is 18.9 Å². The van der Waals surface area contributed by atoms with Crippen LogP contribution in [0.1, 0.15) is 18.1 Å². The number of esters is 1. The molecule has 0 saturated carbocycles. The molecule has 0 saturated heterocycles. The number of methoxy groups -OCH3 is 2. The Morgan fingerprint density at radius 3 is 2.62 bits per heavy atom. The van der Waals surface area contributed by atoms with E-state index >= 15 is 0 Å². The molecule has 2 rings (SSSR count). The molecular formula is C24H26N2O6. The van der Waals surface area contributed by atoms with E-state index in [0.29, 0.717) is 17.9 Å². The predicted molar refractivity (Wildman–Crippen MR) is 118 cm³/mol. The summed E-state index contributed by atoms with van der Waals surface area (Å²) >= 11 is 0. The van der Waals surface area contributed by atoms with E-state index < -0.39 is 11.9 Å². The first-order valence-electron chi connectivity index (χ1n) is 10.00. The Balaban J connectivity index is 2.05. The number of benzene rings is 2. The predicted octanol–water partition coefficient (Wildman–Crippen LogP) is 2.91. The van der Waals surface area contributed by atoms with Crippen molar-refractivity contribution in [3.63, 3.8) is 0 Å². The maximum Gasteiger partial charge on any atom is 0.349 e. The van der Waals surface area contributed by atoms with Crippen molar-refractivity contribution in [2.24, 2.45) is 0 Å². The Hall–Kier alpha value is -3.83. The molecule has 8 nitrogen and oxygen atoms in total. The first-order chi connectivity index (χ1) is 15.5. The summed E-state index contributed by atoms with van der Waals surface area (Å²) in [6.07, 6.45) is 2.28. The average Bonchev–Trinajstić information content (AvgIpc) is 2.82. The Morgan fingerprint density at radius 1 is 1.12 bits per heavy atom. The van der Waals surface area contributed by atoms with Crippen molar-refractivity contribution < 1.29 is 28.5 Å². The van der Waals surface area contributed by atoms with Gasteiger partial charge in [0.25, 0.3) is 5.91 Å². The van der Waals surface area contributed by atoms with Crippen molar-refractivity contribution in [1.82, 2.24) is 5.32 Å². The van der Waals surface area contributed by atoms with E-state index in [1.807, 2.05) is 31.2 Å². The van der Waals surface area contributed by atoms with E-state index in [-0.39, 0.29) is 30.2 Å². The number of carbonyl (C=O) groups is 2. The lowest BCUT2D eigenvalue weighted by Gasteiger charge is -2.11. The van der Waals surface area contributed by atoms with Gasteiger partial charge in [-0.1, -0.05) is 25.1 Å². The van der Waals surface area contributed by atoms with Crippen LogP contribution in [0.3, 0.4) is 0 Å². The number of ether oxygens (including phenoxy) is 4. The maximum absolute atomic E-state index is 12.2. The van der Waals surface area contributed by atoms with Gasteiger partial charge >= 0.3 is 5.97 Å². The summed E-state index contributed by atoms with van der Waals surface area (Å²) in [5.41, 5.74) is 1.56. The van der Waals surface area contributed by atoms with Gasteiger partial charge in [-0.15, -0.1) is 0 Å². The minimum Gasteiger partial charge on any atom is -0.493 e.